The summed E-state index contributed by atoms with van der Waals surface area (Å²) in [7, 11) is 5.79. The van der Waals surface area contributed by atoms with Gasteiger partial charge in [-0.3, -0.25) is 4.99 Å². The minimum absolute atomic E-state index is 0.121. The molecule has 0 saturated carbocycles. The van der Waals surface area contributed by atoms with E-state index >= 15 is 0 Å². The minimum atomic E-state index is -0.121. The molecule has 124 valence electrons. The topological polar surface area (TPSA) is 24.8 Å². The van der Waals surface area contributed by atoms with Crippen LogP contribution in [0.4, 0.5) is 11.4 Å². The zero-order valence-corrected chi connectivity index (χ0v) is 15.0. The molecule has 1 heterocycles. The van der Waals surface area contributed by atoms with Gasteiger partial charge in [-0.15, -0.1) is 0 Å². The summed E-state index contributed by atoms with van der Waals surface area (Å²) in [5, 5.41) is 0. The summed E-state index contributed by atoms with van der Waals surface area (Å²) >= 11 is 0. The molecular weight excluding hydrogens is 296 g/mol. The fraction of sp³-hybridized carbons (Fsp3) is 0.286. The van der Waals surface area contributed by atoms with Gasteiger partial charge in [0, 0.05) is 25.2 Å². The van der Waals surface area contributed by atoms with E-state index in [1.165, 1.54) is 16.8 Å². The van der Waals surface area contributed by atoms with Crippen LogP contribution in [0.15, 0.2) is 53.5 Å². The summed E-state index contributed by atoms with van der Waals surface area (Å²) in [5.74, 6) is 0.876. The first-order valence-electron chi connectivity index (χ1n) is 8.15. The van der Waals surface area contributed by atoms with Gasteiger partial charge in [0.1, 0.15) is 5.75 Å². The van der Waals surface area contributed by atoms with Crippen molar-refractivity contribution in [1.82, 2.24) is 0 Å². The molecule has 0 atom stereocenters. The van der Waals surface area contributed by atoms with Gasteiger partial charge >= 0.3 is 0 Å². The second kappa shape index (κ2) is 6.16. The van der Waals surface area contributed by atoms with E-state index in [0.717, 1.165) is 17.1 Å². The molecule has 0 fully saturated rings. The van der Waals surface area contributed by atoms with Gasteiger partial charge in [0.25, 0.3) is 0 Å². The average molecular weight is 320 g/mol. The first-order valence-corrected chi connectivity index (χ1v) is 8.15. The van der Waals surface area contributed by atoms with E-state index in [9.17, 15) is 0 Å². The van der Waals surface area contributed by atoms with Gasteiger partial charge in [-0.25, -0.2) is 0 Å². The highest BCUT2D eigenvalue weighted by molar-refractivity contribution is 6.10. The third-order valence-electron chi connectivity index (χ3n) is 4.60. The Kier molecular flexibility index (Phi) is 4.18. The number of ether oxygens (including phenoxy) is 1. The van der Waals surface area contributed by atoms with Gasteiger partial charge in [-0.2, -0.15) is 0 Å². The van der Waals surface area contributed by atoms with Gasteiger partial charge in [0.05, 0.1) is 18.5 Å². The van der Waals surface area contributed by atoms with Gasteiger partial charge < -0.3 is 9.64 Å². The number of allylic oxidation sites excluding steroid dienone is 1. The molecule has 24 heavy (non-hydrogen) atoms. The van der Waals surface area contributed by atoms with Gasteiger partial charge in [-0.1, -0.05) is 32.1 Å². The van der Waals surface area contributed by atoms with Crippen molar-refractivity contribution in [3.05, 3.63) is 59.7 Å². The van der Waals surface area contributed by atoms with E-state index in [2.05, 4.69) is 61.2 Å². The van der Waals surface area contributed by atoms with Crippen molar-refractivity contribution in [3.8, 4) is 5.75 Å². The van der Waals surface area contributed by atoms with Crippen molar-refractivity contribution >= 4 is 23.2 Å². The monoisotopic (exact) mass is 320 g/mol. The molecule has 3 rings (SSSR count). The zero-order valence-electron chi connectivity index (χ0n) is 15.0. The number of methoxy groups -OCH3 is 1. The van der Waals surface area contributed by atoms with Gasteiger partial charge in [-0.05, 0) is 47.5 Å². The van der Waals surface area contributed by atoms with E-state index in [1.807, 2.05) is 26.2 Å². The van der Waals surface area contributed by atoms with Crippen LogP contribution in [-0.4, -0.2) is 26.9 Å². The Morgan fingerprint density at radius 2 is 1.71 bits per heavy atom. The maximum absolute atomic E-state index is 5.35. The maximum Gasteiger partial charge on any atom is 0.119 e. The quantitative estimate of drug-likeness (QED) is 0.805. The van der Waals surface area contributed by atoms with Crippen LogP contribution >= 0.6 is 0 Å². The Balaban J connectivity index is 1.85. The summed E-state index contributed by atoms with van der Waals surface area (Å²) in [5.41, 5.74) is 5.57. The Morgan fingerprint density at radius 1 is 1.00 bits per heavy atom. The first-order chi connectivity index (χ1) is 11.4. The summed E-state index contributed by atoms with van der Waals surface area (Å²) < 4.78 is 5.35. The maximum atomic E-state index is 5.35. The van der Waals surface area contributed by atoms with Gasteiger partial charge in [0.15, 0.2) is 0 Å². The summed E-state index contributed by atoms with van der Waals surface area (Å²) in [6.45, 7) is 4.41. The molecule has 1 aliphatic heterocycles. The molecule has 3 heteroatoms. The van der Waals surface area contributed by atoms with Crippen molar-refractivity contribution in [2.45, 2.75) is 19.3 Å². The molecule has 3 nitrogen and oxygen atoms in total. The molecule has 2 aromatic rings. The molecule has 1 aliphatic rings. The van der Waals surface area contributed by atoms with Crippen molar-refractivity contribution in [1.29, 1.82) is 0 Å². The van der Waals surface area contributed by atoms with Crippen LogP contribution in [0.5, 0.6) is 5.75 Å². The lowest BCUT2D eigenvalue weighted by molar-refractivity contribution is 0.414. The second-order valence-electron chi connectivity index (χ2n) is 6.82. The number of hydrogen-bond donors (Lipinski definition) is 0. The number of fused-ring (bicyclic) bond motifs is 1. The lowest BCUT2D eigenvalue weighted by Crippen LogP contribution is -2.23. The third kappa shape index (κ3) is 2.94. The molecular formula is C21H24N2O. The predicted molar refractivity (Wildman–Crippen MR) is 103 cm³/mol. The Labute approximate surface area is 144 Å². The zero-order chi connectivity index (χ0) is 17.3. The second-order valence-corrected chi connectivity index (χ2v) is 6.82. The fourth-order valence-electron chi connectivity index (χ4n) is 2.95. The van der Waals surface area contributed by atoms with E-state index < -0.39 is 0 Å². The number of aliphatic imine (C=N–C) groups is 1. The Bertz CT molecular complexity index is 799. The smallest absolute Gasteiger partial charge is 0.119 e. The van der Waals surface area contributed by atoms with Crippen molar-refractivity contribution in [2.75, 3.05) is 26.1 Å². The number of nitrogens with zero attached hydrogens (tertiary/aromatic N) is 2. The van der Waals surface area contributed by atoms with E-state index in [-0.39, 0.29) is 5.41 Å². The highest BCUT2D eigenvalue weighted by atomic mass is 16.5. The standard InChI is InChI=1S/C21H24N2O/c1-21(2)18-14-17(24-5)11-12-19(18)22-20(21)13-8-15-6-9-16(10-7-15)23(3)4/h6-14H,1-5H3. The Hall–Kier alpha value is -2.55. The van der Waals surface area contributed by atoms with Crippen LogP contribution in [0, 0.1) is 0 Å². The number of rotatable bonds is 4. The Morgan fingerprint density at radius 3 is 2.33 bits per heavy atom. The van der Waals surface area contributed by atoms with Crippen LogP contribution in [0.1, 0.15) is 25.0 Å². The van der Waals surface area contributed by atoms with Crippen LogP contribution in [-0.2, 0) is 5.41 Å². The van der Waals surface area contributed by atoms with E-state index in [0.29, 0.717) is 0 Å². The van der Waals surface area contributed by atoms with E-state index in [4.69, 9.17) is 9.73 Å². The van der Waals surface area contributed by atoms with E-state index in [1.54, 1.807) is 7.11 Å². The number of anilines is 1. The van der Waals surface area contributed by atoms with Crippen molar-refractivity contribution in [2.24, 2.45) is 4.99 Å². The molecule has 0 saturated heterocycles. The largest absolute Gasteiger partial charge is 0.497 e. The number of hydrogen-bond acceptors (Lipinski definition) is 3. The van der Waals surface area contributed by atoms with Gasteiger partial charge in [0.2, 0.25) is 0 Å². The average Bonchev–Trinajstić information content (AvgIpc) is 2.83. The van der Waals surface area contributed by atoms with Crippen molar-refractivity contribution < 1.29 is 4.74 Å². The summed E-state index contributed by atoms with van der Waals surface area (Å²) in [4.78, 5) is 6.91. The minimum Gasteiger partial charge on any atom is -0.497 e. The summed E-state index contributed by atoms with van der Waals surface area (Å²) in [6.07, 6.45) is 4.25. The predicted octanol–water partition coefficient (Wildman–Crippen LogP) is 4.84. The lowest BCUT2D eigenvalue weighted by Gasteiger charge is -2.20. The van der Waals surface area contributed by atoms with Crippen LogP contribution in [0.2, 0.25) is 0 Å². The van der Waals surface area contributed by atoms with Crippen molar-refractivity contribution in [3.63, 3.8) is 0 Å². The highest BCUT2D eigenvalue weighted by Crippen LogP contribution is 2.42. The third-order valence-corrected chi connectivity index (χ3v) is 4.60. The SMILES string of the molecule is COc1ccc2c(c1)C(C)(C)C(C=Cc1ccc(N(C)C)cc1)=N2. The summed E-state index contributed by atoms with van der Waals surface area (Å²) in [6, 6.07) is 14.6. The molecule has 2 aromatic carbocycles. The normalized spacial score (nSPS) is 15.3. The molecule has 0 radical (unpaired) electrons. The fourth-order valence-corrected chi connectivity index (χ4v) is 2.95. The molecule has 0 N–H and O–H groups in total. The lowest BCUT2D eigenvalue weighted by atomic mass is 9.81. The molecule has 0 spiro atoms. The van der Waals surface area contributed by atoms with Crippen LogP contribution in [0.25, 0.3) is 6.08 Å². The molecule has 0 aromatic heterocycles. The first kappa shape index (κ1) is 16.3. The van der Waals surface area contributed by atoms with Crippen LogP contribution < -0.4 is 9.64 Å². The molecule has 0 bridgehead atoms. The van der Waals surface area contributed by atoms with Crippen LogP contribution in [0.3, 0.4) is 0 Å². The molecule has 0 amide bonds. The number of benzene rings is 2. The molecule has 0 unspecified atom stereocenters. The highest BCUT2D eigenvalue weighted by Gasteiger charge is 2.33. The molecule has 0 aliphatic carbocycles.